The SMILES string of the molecule is CCN(C/C=C/c1ccc(OC(C)=O)c(OC)c1)CCc1ccccn1. The molecule has 0 amide bonds. The standard InChI is InChI=1S/C21H26N2O3/c1-4-23(15-12-19-9-5-6-13-22-19)14-7-8-18-10-11-20(26-17(2)24)21(16-18)25-3/h5-11,13,16H,4,12,14-15H2,1-3H3/b8-7+. The largest absolute Gasteiger partial charge is 0.493 e. The number of nitrogens with zero attached hydrogens (tertiary/aromatic N) is 2. The summed E-state index contributed by atoms with van der Waals surface area (Å²) in [5.74, 6) is 0.616. The summed E-state index contributed by atoms with van der Waals surface area (Å²) in [4.78, 5) is 17.8. The minimum absolute atomic E-state index is 0.363. The van der Waals surface area contributed by atoms with Gasteiger partial charge in [-0.2, -0.15) is 0 Å². The van der Waals surface area contributed by atoms with E-state index in [0.29, 0.717) is 11.5 Å². The molecule has 5 nitrogen and oxygen atoms in total. The average molecular weight is 354 g/mol. The fourth-order valence-corrected chi connectivity index (χ4v) is 2.56. The lowest BCUT2D eigenvalue weighted by atomic mass is 10.2. The molecule has 0 aliphatic rings. The van der Waals surface area contributed by atoms with Gasteiger partial charge in [-0.1, -0.05) is 31.2 Å². The highest BCUT2D eigenvalue weighted by Gasteiger charge is 2.07. The van der Waals surface area contributed by atoms with Crippen LogP contribution in [0.4, 0.5) is 0 Å². The Bertz CT molecular complexity index is 729. The maximum absolute atomic E-state index is 11.1. The second-order valence-electron chi connectivity index (χ2n) is 5.87. The number of methoxy groups -OCH3 is 1. The smallest absolute Gasteiger partial charge is 0.308 e. The molecule has 2 rings (SSSR count). The molecular formula is C21H26N2O3. The molecule has 5 heteroatoms. The first-order valence-electron chi connectivity index (χ1n) is 8.77. The van der Waals surface area contributed by atoms with Gasteiger partial charge in [0.05, 0.1) is 7.11 Å². The van der Waals surface area contributed by atoms with Crippen LogP contribution in [-0.2, 0) is 11.2 Å². The highest BCUT2D eigenvalue weighted by atomic mass is 16.6. The number of carbonyl (C=O) groups is 1. The highest BCUT2D eigenvalue weighted by molar-refractivity contribution is 5.71. The Morgan fingerprint density at radius 1 is 1.23 bits per heavy atom. The lowest BCUT2D eigenvalue weighted by molar-refractivity contribution is -0.132. The first-order chi connectivity index (χ1) is 12.6. The van der Waals surface area contributed by atoms with Gasteiger partial charge < -0.3 is 9.47 Å². The van der Waals surface area contributed by atoms with E-state index in [1.54, 1.807) is 13.2 Å². The van der Waals surface area contributed by atoms with E-state index in [-0.39, 0.29) is 5.97 Å². The summed E-state index contributed by atoms with van der Waals surface area (Å²) in [6, 6.07) is 11.5. The van der Waals surface area contributed by atoms with E-state index in [4.69, 9.17) is 9.47 Å². The number of likely N-dealkylation sites (N-methyl/N-ethyl adjacent to an activating group) is 1. The van der Waals surface area contributed by atoms with Crippen molar-refractivity contribution in [3.05, 3.63) is 59.9 Å². The third kappa shape index (κ3) is 6.33. The first kappa shape index (κ1) is 19.7. The van der Waals surface area contributed by atoms with Crippen LogP contribution in [0.15, 0.2) is 48.7 Å². The van der Waals surface area contributed by atoms with Gasteiger partial charge in [0.1, 0.15) is 0 Å². The Labute approximate surface area is 155 Å². The molecule has 138 valence electrons. The van der Waals surface area contributed by atoms with Crippen LogP contribution in [0.3, 0.4) is 0 Å². The van der Waals surface area contributed by atoms with Crippen molar-refractivity contribution in [2.75, 3.05) is 26.7 Å². The van der Waals surface area contributed by atoms with E-state index >= 15 is 0 Å². The zero-order valence-electron chi connectivity index (χ0n) is 15.6. The number of ether oxygens (including phenoxy) is 2. The van der Waals surface area contributed by atoms with Gasteiger partial charge in [0.2, 0.25) is 0 Å². The van der Waals surface area contributed by atoms with Crippen LogP contribution in [0, 0.1) is 0 Å². The minimum atomic E-state index is -0.363. The van der Waals surface area contributed by atoms with Gasteiger partial charge in [-0.15, -0.1) is 0 Å². The van der Waals surface area contributed by atoms with E-state index in [9.17, 15) is 4.79 Å². The fraction of sp³-hybridized carbons (Fsp3) is 0.333. The minimum Gasteiger partial charge on any atom is -0.493 e. The number of carbonyl (C=O) groups excluding carboxylic acids is 1. The van der Waals surface area contributed by atoms with Gasteiger partial charge in [-0.05, 0) is 36.4 Å². The summed E-state index contributed by atoms with van der Waals surface area (Å²) < 4.78 is 10.4. The van der Waals surface area contributed by atoms with Crippen LogP contribution in [0.1, 0.15) is 25.1 Å². The van der Waals surface area contributed by atoms with Crippen molar-refractivity contribution in [3.8, 4) is 11.5 Å². The number of esters is 1. The van der Waals surface area contributed by atoms with Crippen molar-refractivity contribution in [2.45, 2.75) is 20.3 Å². The second-order valence-corrected chi connectivity index (χ2v) is 5.87. The van der Waals surface area contributed by atoms with E-state index in [1.165, 1.54) is 6.92 Å². The molecule has 0 saturated heterocycles. The third-order valence-corrected chi connectivity index (χ3v) is 3.97. The van der Waals surface area contributed by atoms with Crippen LogP contribution in [0.25, 0.3) is 6.08 Å². The van der Waals surface area contributed by atoms with Crippen molar-refractivity contribution in [1.82, 2.24) is 9.88 Å². The number of rotatable bonds is 9. The number of benzene rings is 1. The predicted octanol–water partition coefficient (Wildman–Crippen LogP) is 3.59. The van der Waals surface area contributed by atoms with Crippen molar-refractivity contribution in [2.24, 2.45) is 0 Å². The maximum Gasteiger partial charge on any atom is 0.308 e. The molecule has 0 bridgehead atoms. The molecular weight excluding hydrogens is 328 g/mol. The number of hydrogen-bond donors (Lipinski definition) is 0. The summed E-state index contributed by atoms with van der Waals surface area (Å²) in [7, 11) is 1.56. The van der Waals surface area contributed by atoms with Gasteiger partial charge in [0.15, 0.2) is 11.5 Å². The Morgan fingerprint density at radius 2 is 2.08 bits per heavy atom. The van der Waals surface area contributed by atoms with Gasteiger partial charge in [0.25, 0.3) is 0 Å². The van der Waals surface area contributed by atoms with Crippen LogP contribution < -0.4 is 9.47 Å². The summed E-state index contributed by atoms with van der Waals surface area (Å²) in [5.41, 5.74) is 2.11. The van der Waals surface area contributed by atoms with Gasteiger partial charge >= 0.3 is 5.97 Å². The molecule has 1 aromatic carbocycles. The van der Waals surface area contributed by atoms with Crippen LogP contribution in [0.2, 0.25) is 0 Å². The van der Waals surface area contributed by atoms with Crippen molar-refractivity contribution >= 4 is 12.0 Å². The zero-order valence-corrected chi connectivity index (χ0v) is 15.6. The van der Waals surface area contributed by atoms with Gasteiger partial charge in [-0.25, -0.2) is 0 Å². The number of aromatic nitrogens is 1. The molecule has 0 aliphatic heterocycles. The molecule has 0 fully saturated rings. The molecule has 1 heterocycles. The quantitative estimate of drug-likeness (QED) is 0.509. The Hall–Kier alpha value is -2.66. The maximum atomic E-state index is 11.1. The lowest BCUT2D eigenvalue weighted by Gasteiger charge is -2.18. The Balaban J connectivity index is 1.92. The molecule has 2 aromatic rings. The van der Waals surface area contributed by atoms with Gasteiger partial charge in [0, 0.05) is 38.3 Å². The second kappa shape index (κ2) is 10.4. The third-order valence-electron chi connectivity index (χ3n) is 3.97. The Morgan fingerprint density at radius 3 is 2.73 bits per heavy atom. The molecule has 1 aromatic heterocycles. The van der Waals surface area contributed by atoms with Crippen LogP contribution >= 0.6 is 0 Å². The van der Waals surface area contributed by atoms with E-state index in [2.05, 4.69) is 29.0 Å². The molecule has 0 atom stereocenters. The van der Waals surface area contributed by atoms with Crippen molar-refractivity contribution in [1.29, 1.82) is 0 Å². The zero-order chi connectivity index (χ0) is 18.8. The van der Waals surface area contributed by atoms with Crippen molar-refractivity contribution < 1.29 is 14.3 Å². The summed E-state index contributed by atoms with van der Waals surface area (Å²) in [5, 5.41) is 0. The predicted molar refractivity (Wildman–Crippen MR) is 103 cm³/mol. The lowest BCUT2D eigenvalue weighted by Crippen LogP contribution is -2.26. The summed E-state index contributed by atoms with van der Waals surface area (Å²) >= 11 is 0. The molecule has 0 N–H and O–H groups in total. The molecule has 0 unspecified atom stereocenters. The summed E-state index contributed by atoms with van der Waals surface area (Å²) in [6.07, 6.45) is 6.94. The van der Waals surface area contributed by atoms with Crippen LogP contribution in [-0.4, -0.2) is 42.6 Å². The van der Waals surface area contributed by atoms with Crippen molar-refractivity contribution in [3.63, 3.8) is 0 Å². The average Bonchev–Trinajstić information content (AvgIpc) is 2.66. The monoisotopic (exact) mass is 354 g/mol. The molecule has 0 aliphatic carbocycles. The molecule has 0 radical (unpaired) electrons. The molecule has 26 heavy (non-hydrogen) atoms. The topological polar surface area (TPSA) is 51.7 Å². The summed E-state index contributed by atoms with van der Waals surface area (Å²) in [6.45, 7) is 6.33. The normalized spacial score (nSPS) is 11.1. The van der Waals surface area contributed by atoms with E-state index < -0.39 is 0 Å². The van der Waals surface area contributed by atoms with Gasteiger partial charge in [-0.3, -0.25) is 14.7 Å². The fourth-order valence-electron chi connectivity index (χ4n) is 2.56. The molecule has 0 spiro atoms. The highest BCUT2D eigenvalue weighted by Crippen LogP contribution is 2.28. The Kier molecular flexibility index (Phi) is 7.83. The number of hydrogen-bond acceptors (Lipinski definition) is 5. The van der Waals surface area contributed by atoms with E-state index in [0.717, 1.165) is 37.3 Å². The number of pyridine rings is 1. The van der Waals surface area contributed by atoms with Crippen LogP contribution in [0.5, 0.6) is 11.5 Å². The molecule has 0 saturated carbocycles. The van der Waals surface area contributed by atoms with E-state index in [1.807, 2.05) is 36.5 Å². The first-order valence-corrected chi connectivity index (χ1v) is 8.77.